The van der Waals surface area contributed by atoms with Gasteiger partial charge in [0.05, 0.1) is 29.8 Å². The molecule has 1 unspecified atom stereocenters. The van der Waals surface area contributed by atoms with Crippen molar-refractivity contribution in [1.29, 1.82) is 0 Å². The second-order valence-corrected chi connectivity index (χ2v) is 17.3. The maximum Gasteiger partial charge on any atom is 0.415 e. The average molecular weight is 882 g/mol. The van der Waals surface area contributed by atoms with Crippen molar-refractivity contribution in [2.45, 2.75) is 115 Å². The third kappa shape index (κ3) is 10.3. The number of ether oxygens (including phenoxy) is 5. The second-order valence-electron chi connectivity index (χ2n) is 17.3. The van der Waals surface area contributed by atoms with Gasteiger partial charge in [0, 0.05) is 56.2 Å². The molecule has 2 aliphatic heterocycles. The predicted octanol–water partition coefficient (Wildman–Crippen LogP) is 10.1. The molecule has 2 heterocycles. The number of fused-ring (bicyclic) bond motifs is 2. The normalized spacial score (nSPS) is 25.3. The predicted molar refractivity (Wildman–Crippen MR) is 242 cm³/mol. The highest BCUT2D eigenvalue weighted by atomic mass is 16.8. The highest BCUT2D eigenvalue weighted by Gasteiger charge is 2.65. The minimum absolute atomic E-state index is 0.0134. The van der Waals surface area contributed by atoms with Crippen LogP contribution >= 0.6 is 0 Å². The molecule has 0 aromatic heterocycles. The minimum atomic E-state index is -1.50. The first-order valence-corrected chi connectivity index (χ1v) is 22.9. The number of oxime groups is 1. The summed E-state index contributed by atoms with van der Waals surface area (Å²) in [5, 5.41) is 36.3. The molecule has 344 valence electrons. The van der Waals surface area contributed by atoms with Crippen molar-refractivity contribution in [3.05, 3.63) is 112 Å². The summed E-state index contributed by atoms with van der Waals surface area (Å²) in [4.78, 5) is 33.5. The molecule has 3 aromatic rings. The number of carbonyl (C=O) groups is 1. The molecule has 2 aliphatic carbocycles. The van der Waals surface area contributed by atoms with Gasteiger partial charge in [-0.05, 0) is 130 Å². The smallest absolute Gasteiger partial charge is 0.415 e. The van der Waals surface area contributed by atoms with Gasteiger partial charge in [-0.25, -0.2) is 4.79 Å². The lowest BCUT2D eigenvalue weighted by Crippen LogP contribution is -2.70. The van der Waals surface area contributed by atoms with Crippen LogP contribution in [0.15, 0.2) is 90.1 Å². The molecule has 7 rings (SSSR count). The number of nitro benzene ring substituents is 1. The lowest BCUT2D eigenvalue weighted by molar-refractivity contribution is -0.384. The zero-order chi connectivity index (χ0) is 45.2. The molecular weight excluding hydrogens is 819 g/mol. The Kier molecular flexibility index (Phi) is 15.8. The van der Waals surface area contributed by atoms with Crippen molar-refractivity contribution in [3.63, 3.8) is 0 Å². The van der Waals surface area contributed by atoms with Gasteiger partial charge in [-0.2, -0.15) is 0 Å². The van der Waals surface area contributed by atoms with Gasteiger partial charge in [-0.1, -0.05) is 43.1 Å². The molecule has 0 bridgehead atoms. The van der Waals surface area contributed by atoms with Crippen molar-refractivity contribution >= 4 is 17.5 Å². The van der Waals surface area contributed by atoms with Crippen LogP contribution in [0.4, 0.5) is 10.5 Å². The number of carbonyl (C=O) groups excluding carboxylic acids is 1. The van der Waals surface area contributed by atoms with Crippen molar-refractivity contribution in [2.75, 3.05) is 33.0 Å². The van der Waals surface area contributed by atoms with E-state index < -0.39 is 35.1 Å². The zero-order valence-corrected chi connectivity index (χ0v) is 37.3. The number of allylic oxidation sites excluding steroid dienone is 1. The molecular formula is C50H63N3O11. The molecule has 1 amide bonds. The Morgan fingerprint density at radius 3 is 2.41 bits per heavy atom. The Morgan fingerprint density at radius 2 is 1.72 bits per heavy atom. The summed E-state index contributed by atoms with van der Waals surface area (Å²) in [7, 11) is 0. The summed E-state index contributed by atoms with van der Waals surface area (Å²) in [5.74, 6) is -0.137. The molecule has 7 atom stereocenters. The summed E-state index contributed by atoms with van der Waals surface area (Å²) in [6.07, 6.45) is 10.5. The number of non-ortho nitro benzene ring substituents is 1. The number of nitrogens with zero attached hydrogens (tertiary/aromatic N) is 3. The van der Waals surface area contributed by atoms with Gasteiger partial charge in [0.25, 0.3) is 5.69 Å². The lowest BCUT2D eigenvalue weighted by Gasteiger charge is -2.59. The summed E-state index contributed by atoms with van der Waals surface area (Å²) < 4.78 is 33.0. The number of aryl methyl sites for hydroxylation is 2. The molecule has 0 radical (unpaired) electrons. The van der Waals surface area contributed by atoms with Crippen LogP contribution in [0.5, 0.6) is 23.0 Å². The van der Waals surface area contributed by atoms with E-state index in [1.54, 1.807) is 11.0 Å². The van der Waals surface area contributed by atoms with Gasteiger partial charge >= 0.3 is 6.09 Å². The number of amides is 1. The fourth-order valence-corrected chi connectivity index (χ4v) is 9.95. The summed E-state index contributed by atoms with van der Waals surface area (Å²) in [6.45, 7) is 11.2. The van der Waals surface area contributed by atoms with E-state index in [1.807, 2.05) is 37.3 Å². The topological polar surface area (TPSA) is 172 Å². The summed E-state index contributed by atoms with van der Waals surface area (Å²) in [5.41, 5.74) is 4.64. The van der Waals surface area contributed by atoms with E-state index in [0.29, 0.717) is 55.3 Å². The number of unbranched alkanes of at least 4 members (excludes halogenated alkanes) is 2. The first-order valence-electron chi connectivity index (χ1n) is 22.9. The van der Waals surface area contributed by atoms with E-state index in [0.717, 1.165) is 55.2 Å². The Morgan fingerprint density at radius 1 is 0.984 bits per heavy atom. The van der Waals surface area contributed by atoms with E-state index in [-0.39, 0.29) is 62.0 Å². The van der Waals surface area contributed by atoms with Crippen LogP contribution in [0.2, 0.25) is 0 Å². The largest absolute Gasteiger partial charge is 0.459 e. The number of aliphatic hydroxyl groups excluding tert-OH is 2. The zero-order valence-electron chi connectivity index (χ0n) is 37.3. The van der Waals surface area contributed by atoms with E-state index in [1.165, 1.54) is 29.8 Å². The number of rotatable bonds is 20. The maximum absolute atomic E-state index is 14.7. The molecule has 64 heavy (non-hydrogen) atoms. The highest BCUT2D eigenvalue weighted by Crippen LogP contribution is 2.62. The average Bonchev–Trinajstić information content (AvgIpc) is 3.30. The van der Waals surface area contributed by atoms with Crippen molar-refractivity contribution < 1.29 is 48.5 Å². The molecule has 2 N–H and O–H groups in total. The molecule has 2 fully saturated rings. The van der Waals surface area contributed by atoms with Crippen LogP contribution in [-0.4, -0.2) is 82.9 Å². The fourth-order valence-electron chi connectivity index (χ4n) is 9.95. The third-order valence-electron chi connectivity index (χ3n) is 13.1. The monoisotopic (exact) mass is 881 g/mol. The van der Waals surface area contributed by atoms with Crippen LogP contribution in [0.25, 0.3) is 0 Å². The molecule has 14 heteroatoms. The van der Waals surface area contributed by atoms with Crippen LogP contribution in [-0.2, 0) is 14.3 Å². The molecule has 1 saturated heterocycles. The fraction of sp³-hybridized carbons (Fsp3) is 0.520. The molecule has 1 saturated carbocycles. The van der Waals surface area contributed by atoms with E-state index in [2.05, 4.69) is 32.6 Å². The van der Waals surface area contributed by atoms with Gasteiger partial charge in [0.15, 0.2) is 0 Å². The highest BCUT2D eigenvalue weighted by molar-refractivity contribution is 6.03. The number of nitro groups is 1. The standard InChI is InChI=1S/C50H63N3O11/c1-5-24-52(49(56)62-37-20-17-36(18-21-37)53(57)58)45-32-43(51-64-46-15-9-12-28-59-46)41-30-35(13-7-10-25-54)40(14-8-11-26-55)47-42-31-39(61-38-19-16-33(3)34(4)29-38)22-23-44(42)63-50(45,48(41)47)60-27-6-2/h6,16-23,29-31,35,40,45-48,54-55H,2,5,7-15,24-28,32H2,1,3-4H3/t35-,40+,45-,46?,47+,48+,50+/m0/s1. The summed E-state index contributed by atoms with van der Waals surface area (Å²) in [6, 6.07) is 16.5. The Balaban J connectivity index is 1.42. The van der Waals surface area contributed by atoms with Gasteiger partial charge in [-0.15, -0.1) is 6.58 Å². The Bertz CT molecular complexity index is 2150. The van der Waals surface area contributed by atoms with Crippen molar-refractivity contribution in [2.24, 2.45) is 22.9 Å². The molecule has 14 nitrogen and oxygen atoms in total. The lowest BCUT2D eigenvalue weighted by atomic mass is 9.55. The maximum atomic E-state index is 14.7. The molecule has 3 aromatic carbocycles. The van der Waals surface area contributed by atoms with Gasteiger partial charge < -0.3 is 38.7 Å². The van der Waals surface area contributed by atoms with Crippen LogP contribution in [0.3, 0.4) is 0 Å². The SMILES string of the molecule is C=CCO[C@@]12Oc3ccc(Oc4ccc(C)c(C)c4)cc3[C@H]3[C@H](CCCCO)[C@@H](CCCCO)C=C(C(=NOC4CCCCO4)C[C@@H]1N(CCC)C(=O)Oc1ccc([N+](=O)[O-])cc1)[C@H]32. The van der Waals surface area contributed by atoms with Crippen LogP contribution < -0.4 is 14.2 Å². The Labute approximate surface area is 376 Å². The molecule has 0 spiro atoms. The number of benzene rings is 3. The first kappa shape index (κ1) is 46.7. The van der Waals surface area contributed by atoms with Crippen molar-refractivity contribution in [3.8, 4) is 23.0 Å². The van der Waals surface area contributed by atoms with Gasteiger partial charge in [0.1, 0.15) is 29.0 Å². The number of hydrogen-bond acceptors (Lipinski definition) is 12. The number of aliphatic hydroxyl groups is 2. The second kappa shape index (κ2) is 21.6. The quantitative estimate of drug-likeness (QED) is 0.0479. The summed E-state index contributed by atoms with van der Waals surface area (Å²) >= 11 is 0. The van der Waals surface area contributed by atoms with E-state index in [4.69, 9.17) is 33.7 Å². The van der Waals surface area contributed by atoms with Crippen LogP contribution in [0.1, 0.15) is 100 Å². The minimum Gasteiger partial charge on any atom is -0.459 e. The van der Waals surface area contributed by atoms with E-state index in [9.17, 15) is 25.1 Å². The van der Waals surface area contributed by atoms with Crippen molar-refractivity contribution in [1.82, 2.24) is 4.90 Å². The van der Waals surface area contributed by atoms with Gasteiger partial charge in [-0.3, -0.25) is 15.0 Å². The first-order chi connectivity index (χ1) is 31.1. The van der Waals surface area contributed by atoms with E-state index >= 15 is 0 Å². The third-order valence-corrected chi connectivity index (χ3v) is 13.1. The van der Waals surface area contributed by atoms with Gasteiger partial charge in [0.2, 0.25) is 12.1 Å². The number of hydrogen-bond donors (Lipinski definition) is 2. The van der Waals surface area contributed by atoms with Crippen LogP contribution in [0, 0.1) is 41.7 Å². The molecule has 4 aliphatic rings. The Hall–Kier alpha value is -5.28.